The van der Waals surface area contributed by atoms with Crippen LogP contribution in [0.3, 0.4) is 0 Å². The summed E-state index contributed by atoms with van der Waals surface area (Å²) in [5.74, 6) is 1.75. The van der Waals surface area contributed by atoms with Crippen molar-refractivity contribution >= 4 is 11.6 Å². The molecule has 1 fully saturated rings. The molecule has 1 heterocycles. The van der Waals surface area contributed by atoms with Gasteiger partial charge in [0.1, 0.15) is 5.82 Å². The second-order valence-electron chi connectivity index (χ2n) is 4.73. The van der Waals surface area contributed by atoms with Crippen LogP contribution < -0.4 is 5.73 Å². The Labute approximate surface area is 111 Å². The fourth-order valence-electron chi connectivity index (χ4n) is 2.29. The number of nitrogens with zero attached hydrogens (tertiary/aromatic N) is 2. The molecule has 0 aliphatic heterocycles. The van der Waals surface area contributed by atoms with Gasteiger partial charge in [-0.3, -0.25) is 5.10 Å². The van der Waals surface area contributed by atoms with Crippen LogP contribution in [0.25, 0.3) is 0 Å². The number of aromatic nitrogens is 3. The highest BCUT2D eigenvalue weighted by molar-refractivity contribution is 6.30. The van der Waals surface area contributed by atoms with E-state index in [9.17, 15) is 0 Å². The van der Waals surface area contributed by atoms with Crippen LogP contribution in [0.2, 0.25) is 5.02 Å². The Bertz CT molecular complexity index is 542. The van der Waals surface area contributed by atoms with E-state index in [4.69, 9.17) is 17.3 Å². The molecule has 2 aromatic rings. The Morgan fingerprint density at radius 2 is 2.00 bits per heavy atom. The minimum atomic E-state index is -0.00601. The molecule has 18 heavy (non-hydrogen) atoms. The number of benzene rings is 1. The van der Waals surface area contributed by atoms with Crippen molar-refractivity contribution in [2.45, 2.75) is 24.7 Å². The Balaban J connectivity index is 1.91. The molecule has 0 atom stereocenters. The lowest BCUT2D eigenvalue weighted by Gasteiger charge is -2.11. The second-order valence-corrected chi connectivity index (χ2v) is 5.17. The standard InChI is InChI=1S/C13H15ClN4/c14-10-3-1-9(2-4-10)13(6-7-13)12-16-11(5-8-15)17-18-12/h1-4H,5-8,15H2,(H,16,17,18). The minimum absolute atomic E-state index is 0.00601. The van der Waals surface area contributed by atoms with Gasteiger partial charge in [0.25, 0.3) is 0 Å². The van der Waals surface area contributed by atoms with Crippen LogP contribution >= 0.6 is 11.6 Å². The monoisotopic (exact) mass is 262 g/mol. The minimum Gasteiger partial charge on any atom is -0.330 e. The van der Waals surface area contributed by atoms with Gasteiger partial charge in [-0.25, -0.2) is 4.98 Å². The summed E-state index contributed by atoms with van der Waals surface area (Å²) in [5.41, 5.74) is 6.75. The van der Waals surface area contributed by atoms with Crippen molar-refractivity contribution in [3.05, 3.63) is 46.5 Å². The Morgan fingerprint density at radius 3 is 2.61 bits per heavy atom. The molecule has 0 bridgehead atoms. The highest BCUT2D eigenvalue weighted by Gasteiger charge is 2.49. The zero-order valence-electron chi connectivity index (χ0n) is 9.99. The second kappa shape index (κ2) is 4.37. The Kier molecular flexibility index (Phi) is 2.84. The maximum absolute atomic E-state index is 5.92. The van der Waals surface area contributed by atoms with Crippen molar-refractivity contribution in [1.82, 2.24) is 15.2 Å². The zero-order chi connectivity index (χ0) is 12.6. The van der Waals surface area contributed by atoms with Gasteiger partial charge in [-0.15, -0.1) is 0 Å². The van der Waals surface area contributed by atoms with E-state index in [0.29, 0.717) is 6.54 Å². The van der Waals surface area contributed by atoms with Gasteiger partial charge in [0.15, 0.2) is 5.82 Å². The molecule has 0 radical (unpaired) electrons. The third kappa shape index (κ3) is 1.91. The summed E-state index contributed by atoms with van der Waals surface area (Å²) in [7, 11) is 0. The smallest absolute Gasteiger partial charge is 0.161 e. The van der Waals surface area contributed by atoms with Crippen molar-refractivity contribution in [3.63, 3.8) is 0 Å². The molecular weight excluding hydrogens is 248 g/mol. The lowest BCUT2D eigenvalue weighted by Crippen LogP contribution is -2.11. The molecule has 3 N–H and O–H groups in total. The van der Waals surface area contributed by atoms with Crippen LogP contribution in [0.15, 0.2) is 24.3 Å². The highest BCUT2D eigenvalue weighted by atomic mass is 35.5. The summed E-state index contributed by atoms with van der Waals surface area (Å²) in [6, 6.07) is 7.97. The third-order valence-corrected chi connectivity index (χ3v) is 3.74. The zero-order valence-corrected chi connectivity index (χ0v) is 10.7. The SMILES string of the molecule is NCCc1nc(C2(c3ccc(Cl)cc3)CC2)n[nH]1. The number of nitrogens with one attached hydrogen (secondary N) is 1. The number of nitrogens with two attached hydrogens (primary N) is 1. The number of halogens is 1. The first-order valence-electron chi connectivity index (χ1n) is 6.12. The topological polar surface area (TPSA) is 67.6 Å². The molecule has 1 aromatic heterocycles. The molecule has 0 amide bonds. The van der Waals surface area contributed by atoms with E-state index >= 15 is 0 Å². The van der Waals surface area contributed by atoms with Crippen molar-refractivity contribution in [1.29, 1.82) is 0 Å². The van der Waals surface area contributed by atoms with Gasteiger partial charge in [-0.2, -0.15) is 5.10 Å². The fourth-order valence-corrected chi connectivity index (χ4v) is 2.42. The first-order chi connectivity index (χ1) is 8.74. The first-order valence-corrected chi connectivity index (χ1v) is 6.50. The number of hydrogen-bond acceptors (Lipinski definition) is 3. The molecule has 4 nitrogen and oxygen atoms in total. The van der Waals surface area contributed by atoms with E-state index in [2.05, 4.69) is 27.3 Å². The van der Waals surface area contributed by atoms with Crippen molar-refractivity contribution in [3.8, 4) is 0 Å². The molecule has 3 rings (SSSR count). The molecule has 0 saturated heterocycles. The number of H-pyrrole nitrogens is 1. The van der Waals surface area contributed by atoms with Gasteiger partial charge in [0.2, 0.25) is 0 Å². The summed E-state index contributed by atoms with van der Waals surface area (Å²) in [5, 5.41) is 8.07. The van der Waals surface area contributed by atoms with Gasteiger partial charge in [-0.05, 0) is 37.1 Å². The quantitative estimate of drug-likeness (QED) is 0.886. The van der Waals surface area contributed by atoms with E-state index in [1.54, 1.807) is 0 Å². The summed E-state index contributed by atoms with van der Waals surface area (Å²) in [4.78, 5) is 4.55. The average Bonchev–Trinajstić information content (AvgIpc) is 3.05. The number of hydrogen-bond donors (Lipinski definition) is 2. The van der Waals surface area contributed by atoms with Crippen molar-refractivity contribution < 1.29 is 0 Å². The molecular formula is C13H15ClN4. The van der Waals surface area contributed by atoms with E-state index in [-0.39, 0.29) is 5.41 Å². The molecule has 0 spiro atoms. The van der Waals surface area contributed by atoms with Crippen LogP contribution in [-0.2, 0) is 11.8 Å². The summed E-state index contributed by atoms with van der Waals surface area (Å²) in [6.07, 6.45) is 2.92. The van der Waals surface area contributed by atoms with E-state index in [0.717, 1.165) is 35.9 Å². The van der Waals surface area contributed by atoms with Crippen LogP contribution in [0.5, 0.6) is 0 Å². The fraction of sp³-hybridized carbons (Fsp3) is 0.385. The van der Waals surface area contributed by atoms with Gasteiger partial charge in [0, 0.05) is 11.4 Å². The molecule has 0 unspecified atom stereocenters. The molecule has 94 valence electrons. The molecule has 1 saturated carbocycles. The number of rotatable bonds is 4. The van der Waals surface area contributed by atoms with Crippen molar-refractivity contribution in [2.24, 2.45) is 5.73 Å². The van der Waals surface area contributed by atoms with Gasteiger partial charge >= 0.3 is 0 Å². The summed E-state index contributed by atoms with van der Waals surface area (Å²) in [6.45, 7) is 0.586. The predicted octanol–water partition coefficient (Wildman–Crippen LogP) is 2.04. The normalized spacial score (nSPS) is 16.8. The maximum Gasteiger partial charge on any atom is 0.161 e. The summed E-state index contributed by atoms with van der Waals surface area (Å²) >= 11 is 5.92. The maximum atomic E-state index is 5.92. The Hall–Kier alpha value is -1.39. The molecule has 1 aliphatic carbocycles. The van der Waals surface area contributed by atoms with Gasteiger partial charge < -0.3 is 5.73 Å². The van der Waals surface area contributed by atoms with Crippen LogP contribution in [-0.4, -0.2) is 21.7 Å². The van der Waals surface area contributed by atoms with Gasteiger partial charge in [-0.1, -0.05) is 23.7 Å². The lowest BCUT2D eigenvalue weighted by atomic mass is 9.95. The van der Waals surface area contributed by atoms with Crippen molar-refractivity contribution in [2.75, 3.05) is 6.54 Å². The van der Waals surface area contributed by atoms with Crippen LogP contribution in [0, 0.1) is 0 Å². The van der Waals surface area contributed by atoms with E-state index < -0.39 is 0 Å². The number of aromatic amines is 1. The summed E-state index contributed by atoms with van der Waals surface area (Å²) < 4.78 is 0. The van der Waals surface area contributed by atoms with Crippen LogP contribution in [0.1, 0.15) is 30.1 Å². The third-order valence-electron chi connectivity index (χ3n) is 3.49. The first kappa shape index (κ1) is 11.7. The van der Waals surface area contributed by atoms with Gasteiger partial charge in [0.05, 0.1) is 5.41 Å². The molecule has 1 aromatic carbocycles. The Morgan fingerprint density at radius 1 is 1.28 bits per heavy atom. The van der Waals surface area contributed by atoms with E-state index in [1.807, 2.05) is 12.1 Å². The van der Waals surface area contributed by atoms with Crippen LogP contribution in [0.4, 0.5) is 0 Å². The lowest BCUT2D eigenvalue weighted by molar-refractivity contribution is 0.760. The predicted molar refractivity (Wildman–Crippen MR) is 70.6 cm³/mol. The van der Waals surface area contributed by atoms with E-state index in [1.165, 1.54) is 5.56 Å². The molecule has 1 aliphatic rings. The molecule has 5 heteroatoms. The average molecular weight is 263 g/mol. The highest BCUT2D eigenvalue weighted by Crippen LogP contribution is 2.52. The largest absolute Gasteiger partial charge is 0.330 e.